The first kappa shape index (κ1) is 21.5. The Morgan fingerprint density at radius 1 is 0.938 bits per heavy atom. The molecule has 32 heavy (non-hydrogen) atoms. The lowest BCUT2D eigenvalue weighted by molar-refractivity contribution is -0.116. The lowest BCUT2D eigenvalue weighted by Gasteiger charge is -2.13. The third kappa shape index (κ3) is 4.77. The number of hydrogen-bond donors (Lipinski definition) is 1. The first-order valence-corrected chi connectivity index (χ1v) is 10.8. The number of anilines is 1. The number of imide groups is 1. The molecule has 1 N–H and O–H groups in total. The number of benzene rings is 2. The highest BCUT2D eigenvalue weighted by Gasteiger charge is 2.34. The minimum atomic E-state index is -0.231. The van der Waals surface area contributed by atoms with Gasteiger partial charge in [0.1, 0.15) is 0 Å². The number of fused-ring (bicyclic) bond motifs is 1. The highest BCUT2D eigenvalue weighted by Crippen LogP contribution is 2.23. The van der Waals surface area contributed by atoms with E-state index in [2.05, 4.69) is 29.5 Å². The van der Waals surface area contributed by atoms with Crippen LogP contribution in [0.4, 0.5) is 5.69 Å². The van der Waals surface area contributed by atoms with E-state index in [-0.39, 0.29) is 17.7 Å². The highest BCUT2D eigenvalue weighted by atomic mass is 16.2. The number of hydrogen-bond acceptors (Lipinski definition) is 4. The fraction of sp³-hybridized carbons (Fsp3) is 0.280. The van der Waals surface area contributed by atoms with Gasteiger partial charge in [0.25, 0.3) is 11.8 Å². The van der Waals surface area contributed by atoms with Crippen LogP contribution in [0, 0.1) is 6.92 Å². The second-order valence-corrected chi connectivity index (χ2v) is 8.02. The minimum Gasteiger partial charge on any atom is -0.323 e. The van der Waals surface area contributed by atoms with Crippen molar-refractivity contribution in [2.75, 3.05) is 11.9 Å². The molecule has 0 saturated heterocycles. The predicted molar refractivity (Wildman–Crippen MR) is 121 cm³/mol. The van der Waals surface area contributed by atoms with Gasteiger partial charge in [-0.05, 0) is 43.0 Å². The van der Waals surface area contributed by atoms with E-state index in [0.29, 0.717) is 49.2 Å². The van der Waals surface area contributed by atoms with Crippen molar-refractivity contribution in [1.29, 1.82) is 0 Å². The van der Waals surface area contributed by atoms with Crippen molar-refractivity contribution in [2.24, 2.45) is 0 Å². The first-order chi connectivity index (χ1) is 15.5. The summed E-state index contributed by atoms with van der Waals surface area (Å²) in [7, 11) is 0. The average molecular weight is 431 g/mol. The van der Waals surface area contributed by atoms with Crippen LogP contribution in [0.15, 0.2) is 60.9 Å². The van der Waals surface area contributed by atoms with Crippen LogP contribution in [-0.2, 0) is 11.3 Å². The minimum absolute atomic E-state index is 0.0684. The predicted octanol–water partition coefficient (Wildman–Crippen LogP) is 4.03. The van der Waals surface area contributed by atoms with E-state index in [1.165, 1.54) is 16.0 Å². The first-order valence-electron chi connectivity index (χ1n) is 10.8. The second kappa shape index (κ2) is 9.60. The Bertz CT molecular complexity index is 1120. The van der Waals surface area contributed by atoms with Crippen LogP contribution in [0.25, 0.3) is 0 Å². The summed E-state index contributed by atoms with van der Waals surface area (Å²) in [5.74, 6) is -0.529. The van der Waals surface area contributed by atoms with Crippen LogP contribution in [0.2, 0.25) is 0 Å². The van der Waals surface area contributed by atoms with Crippen molar-refractivity contribution in [3.05, 3.63) is 83.2 Å². The topological polar surface area (TPSA) is 84.3 Å². The molecule has 4 rings (SSSR count). The van der Waals surface area contributed by atoms with E-state index >= 15 is 0 Å². The van der Waals surface area contributed by atoms with Gasteiger partial charge in [-0.2, -0.15) is 5.10 Å². The van der Waals surface area contributed by atoms with E-state index in [1.807, 2.05) is 18.3 Å². The molecule has 0 spiro atoms. The molecule has 0 bridgehead atoms. The van der Waals surface area contributed by atoms with Crippen LogP contribution in [-0.4, -0.2) is 38.9 Å². The second-order valence-electron chi connectivity index (χ2n) is 8.02. The zero-order chi connectivity index (χ0) is 22.5. The summed E-state index contributed by atoms with van der Waals surface area (Å²) in [6.07, 6.45) is 5.98. The molecule has 0 atom stereocenters. The Morgan fingerprint density at radius 3 is 2.34 bits per heavy atom. The molecular formula is C25H26N4O3. The van der Waals surface area contributed by atoms with Crippen molar-refractivity contribution < 1.29 is 14.4 Å². The van der Waals surface area contributed by atoms with Crippen molar-refractivity contribution in [2.45, 2.75) is 39.2 Å². The lowest BCUT2D eigenvalue weighted by Crippen LogP contribution is -2.30. The zero-order valence-corrected chi connectivity index (χ0v) is 18.1. The van der Waals surface area contributed by atoms with Gasteiger partial charge in [0.2, 0.25) is 5.91 Å². The van der Waals surface area contributed by atoms with E-state index in [9.17, 15) is 14.4 Å². The number of nitrogens with zero attached hydrogens (tertiary/aromatic N) is 3. The molecular weight excluding hydrogens is 404 g/mol. The van der Waals surface area contributed by atoms with Crippen LogP contribution < -0.4 is 5.32 Å². The molecule has 0 aliphatic carbocycles. The Morgan fingerprint density at radius 2 is 1.62 bits per heavy atom. The molecule has 2 heterocycles. The number of carbonyl (C=O) groups excluding carboxylic acids is 3. The molecule has 3 aromatic rings. The number of amides is 3. The number of nitrogens with one attached hydrogen (secondary N) is 1. The Labute approximate surface area is 187 Å². The molecule has 0 fully saturated rings. The largest absolute Gasteiger partial charge is 0.323 e. The monoisotopic (exact) mass is 430 g/mol. The normalized spacial score (nSPS) is 12.8. The molecule has 2 aromatic carbocycles. The Balaban J connectivity index is 1.17. The van der Waals surface area contributed by atoms with Gasteiger partial charge in [0.05, 0.1) is 29.6 Å². The smallest absolute Gasteiger partial charge is 0.261 e. The Hall–Kier alpha value is -3.74. The molecule has 0 unspecified atom stereocenters. The molecule has 0 radical (unpaired) electrons. The highest BCUT2D eigenvalue weighted by molar-refractivity contribution is 6.21. The molecule has 164 valence electrons. The van der Waals surface area contributed by atoms with Crippen molar-refractivity contribution in [3.8, 4) is 0 Å². The summed E-state index contributed by atoms with van der Waals surface area (Å²) in [5.41, 5.74) is 4.01. The maximum Gasteiger partial charge on any atom is 0.261 e. The fourth-order valence-corrected chi connectivity index (χ4v) is 3.87. The van der Waals surface area contributed by atoms with Crippen molar-refractivity contribution >= 4 is 23.4 Å². The van der Waals surface area contributed by atoms with Gasteiger partial charge < -0.3 is 5.32 Å². The van der Waals surface area contributed by atoms with Crippen LogP contribution in [0.5, 0.6) is 0 Å². The third-order valence-corrected chi connectivity index (χ3v) is 5.67. The number of rotatable bonds is 9. The molecule has 1 aromatic heterocycles. The average Bonchev–Trinajstić information content (AvgIpc) is 3.32. The summed E-state index contributed by atoms with van der Waals surface area (Å²) >= 11 is 0. The van der Waals surface area contributed by atoms with E-state index in [1.54, 1.807) is 35.1 Å². The molecule has 7 heteroatoms. The Kier molecular flexibility index (Phi) is 6.44. The number of carbonyl (C=O) groups is 3. The van der Waals surface area contributed by atoms with Gasteiger partial charge in [0.15, 0.2) is 0 Å². The van der Waals surface area contributed by atoms with Crippen LogP contribution in [0.3, 0.4) is 0 Å². The van der Waals surface area contributed by atoms with Crippen LogP contribution in [0.1, 0.15) is 57.5 Å². The summed E-state index contributed by atoms with van der Waals surface area (Å²) in [6.45, 7) is 3.09. The maximum absolute atomic E-state index is 12.4. The number of aryl methyl sites for hydroxylation is 1. The van der Waals surface area contributed by atoms with Crippen LogP contribution >= 0.6 is 0 Å². The fourth-order valence-electron chi connectivity index (χ4n) is 3.87. The van der Waals surface area contributed by atoms with Gasteiger partial charge in [-0.25, -0.2) is 0 Å². The summed E-state index contributed by atoms with van der Waals surface area (Å²) in [5, 5.41) is 7.20. The van der Waals surface area contributed by atoms with Crippen molar-refractivity contribution in [1.82, 2.24) is 14.7 Å². The SMILES string of the molecule is Cc1ccccc1Cn1cc(NC(=O)CCCCCN2C(=O)c3ccccc3C2=O)cn1. The standard InChI is InChI=1S/C25H26N4O3/c1-18-9-4-5-10-19(18)16-28-17-20(15-26-28)27-23(30)13-3-2-8-14-29-24(31)21-11-6-7-12-22(21)25(29)32/h4-7,9-12,15,17H,2-3,8,13-14,16H2,1H3,(H,27,30). The van der Waals surface area contributed by atoms with Gasteiger partial charge in [-0.3, -0.25) is 24.0 Å². The molecule has 7 nitrogen and oxygen atoms in total. The van der Waals surface area contributed by atoms with Gasteiger partial charge in [0, 0.05) is 19.2 Å². The summed E-state index contributed by atoms with van der Waals surface area (Å²) in [4.78, 5) is 38.2. The third-order valence-electron chi connectivity index (χ3n) is 5.67. The summed E-state index contributed by atoms with van der Waals surface area (Å²) in [6, 6.07) is 15.0. The number of aromatic nitrogens is 2. The maximum atomic E-state index is 12.4. The lowest BCUT2D eigenvalue weighted by atomic mass is 10.1. The van der Waals surface area contributed by atoms with Gasteiger partial charge in [-0.1, -0.05) is 42.8 Å². The quantitative estimate of drug-likeness (QED) is 0.410. The van der Waals surface area contributed by atoms with E-state index < -0.39 is 0 Å². The number of unbranched alkanes of at least 4 members (excludes halogenated alkanes) is 2. The van der Waals surface area contributed by atoms with Gasteiger partial charge in [-0.15, -0.1) is 0 Å². The van der Waals surface area contributed by atoms with Crippen molar-refractivity contribution in [3.63, 3.8) is 0 Å². The van der Waals surface area contributed by atoms with Gasteiger partial charge >= 0.3 is 0 Å². The molecule has 0 saturated carbocycles. The van der Waals surface area contributed by atoms with E-state index in [4.69, 9.17) is 0 Å². The zero-order valence-electron chi connectivity index (χ0n) is 18.1. The molecule has 1 aliphatic rings. The molecule has 1 aliphatic heterocycles. The van der Waals surface area contributed by atoms with E-state index in [0.717, 1.165) is 6.42 Å². The molecule has 3 amide bonds. The summed E-state index contributed by atoms with van der Waals surface area (Å²) < 4.78 is 1.81.